The van der Waals surface area contributed by atoms with Crippen molar-refractivity contribution < 1.29 is 18.3 Å². The van der Waals surface area contributed by atoms with E-state index >= 15 is 0 Å². The molecule has 0 saturated carbocycles. The summed E-state index contributed by atoms with van der Waals surface area (Å²) in [6.45, 7) is 3.07. The van der Waals surface area contributed by atoms with E-state index in [1.807, 2.05) is 0 Å². The van der Waals surface area contributed by atoms with Gasteiger partial charge in [-0.1, -0.05) is 26.0 Å². The molecule has 1 N–H and O–H groups in total. The smallest absolute Gasteiger partial charge is 0.395 e. The molecule has 1 radical (unpaired) electrons. The predicted molar refractivity (Wildman–Crippen MR) is 55.9 cm³/mol. The number of halogens is 3. The summed E-state index contributed by atoms with van der Waals surface area (Å²) >= 11 is 0. The van der Waals surface area contributed by atoms with Crippen molar-refractivity contribution in [1.82, 2.24) is 0 Å². The van der Waals surface area contributed by atoms with E-state index in [2.05, 4.69) is 0 Å². The molecule has 0 bridgehead atoms. The predicted octanol–water partition coefficient (Wildman–Crippen LogP) is 3.20. The fraction of sp³-hybridized carbons (Fsp3) is 0.417. The molecule has 0 fully saturated rings. The molecule has 0 heterocycles. The van der Waals surface area contributed by atoms with Gasteiger partial charge in [0.15, 0.2) is 0 Å². The van der Waals surface area contributed by atoms with Crippen molar-refractivity contribution in [3.05, 3.63) is 40.8 Å². The number of aliphatic hydroxyl groups is 1. The number of aryl methyl sites for hydroxylation is 1. The fourth-order valence-corrected chi connectivity index (χ4v) is 1.51. The Balaban J connectivity index is 3.22. The van der Waals surface area contributed by atoms with Crippen molar-refractivity contribution in [2.75, 3.05) is 6.61 Å². The number of alkyl halides is 3. The van der Waals surface area contributed by atoms with Gasteiger partial charge in [0, 0.05) is 5.92 Å². The van der Waals surface area contributed by atoms with Gasteiger partial charge >= 0.3 is 6.18 Å². The summed E-state index contributed by atoms with van der Waals surface area (Å²) < 4.78 is 38.1. The van der Waals surface area contributed by atoms with E-state index in [0.717, 1.165) is 6.07 Å². The van der Waals surface area contributed by atoms with Crippen molar-refractivity contribution in [1.29, 1.82) is 0 Å². The molecule has 0 spiro atoms. The third-order valence-corrected chi connectivity index (χ3v) is 2.53. The molecule has 4 heteroatoms. The zero-order valence-corrected chi connectivity index (χ0v) is 9.23. The Kier molecular flexibility index (Phi) is 3.97. The molecule has 16 heavy (non-hydrogen) atoms. The maximum absolute atomic E-state index is 12.7. The molecule has 0 aliphatic rings. The van der Waals surface area contributed by atoms with Gasteiger partial charge in [-0.15, -0.1) is 0 Å². The Morgan fingerprint density at radius 1 is 1.31 bits per heavy atom. The van der Waals surface area contributed by atoms with Crippen LogP contribution in [-0.2, 0) is 12.6 Å². The van der Waals surface area contributed by atoms with E-state index in [1.54, 1.807) is 19.9 Å². The van der Waals surface area contributed by atoms with Crippen LogP contribution in [0.15, 0.2) is 18.2 Å². The summed E-state index contributed by atoms with van der Waals surface area (Å²) in [5, 5.41) is 8.89. The second-order valence-corrected chi connectivity index (χ2v) is 3.66. The van der Waals surface area contributed by atoms with E-state index in [1.165, 1.54) is 6.07 Å². The summed E-state index contributed by atoms with van der Waals surface area (Å²) in [5.41, 5.74) is 0.106. The van der Waals surface area contributed by atoms with Crippen molar-refractivity contribution in [2.24, 2.45) is 0 Å². The molecular formula is C12H14F3O. The second kappa shape index (κ2) is 4.87. The molecule has 0 aromatic heterocycles. The highest BCUT2D eigenvalue weighted by molar-refractivity contribution is 5.40. The first kappa shape index (κ1) is 13.0. The lowest BCUT2D eigenvalue weighted by molar-refractivity contribution is -0.138. The lowest BCUT2D eigenvalue weighted by Gasteiger charge is -2.15. The number of hydrogen-bond donors (Lipinski definition) is 1. The Hall–Kier alpha value is -1.03. The van der Waals surface area contributed by atoms with E-state index in [-0.39, 0.29) is 12.2 Å². The van der Waals surface area contributed by atoms with Gasteiger partial charge < -0.3 is 5.11 Å². The lowest BCUT2D eigenvalue weighted by atomic mass is 9.95. The maximum atomic E-state index is 12.7. The highest BCUT2D eigenvalue weighted by Crippen LogP contribution is 2.34. The van der Waals surface area contributed by atoms with Crippen LogP contribution in [-0.4, -0.2) is 11.7 Å². The zero-order valence-electron chi connectivity index (χ0n) is 9.23. The van der Waals surface area contributed by atoms with Crippen molar-refractivity contribution in [2.45, 2.75) is 26.4 Å². The molecule has 0 aliphatic carbocycles. The minimum Gasteiger partial charge on any atom is -0.395 e. The van der Waals surface area contributed by atoms with Gasteiger partial charge in [0.25, 0.3) is 0 Å². The Labute approximate surface area is 92.9 Å². The van der Waals surface area contributed by atoms with Crippen LogP contribution >= 0.6 is 0 Å². The molecule has 0 aliphatic heterocycles. The fourth-order valence-electron chi connectivity index (χ4n) is 1.51. The molecule has 1 rings (SSSR count). The summed E-state index contributed by atoms with van der Waals surface area (Å²) in [5.74, 6) is 0.535. The van der Waals surface area contributed by atoms with Crippen LogP contribution in [0.1, 0.15) is 30.5 Å². The maximum Gasteiger partial charge on any atom is 0.416 e. The highest BCUT2D eigenvalue weighted by atomic mass is 19.4. The minimum atomic E-state index is -4.34. The van der Waals surface area contributed by atoms with Gasteiger partial charge in [0.2, 0.25) is 0 Å². The average Bonchev–Trinajstić information content (AvgIpc) is 2.26. The first-order chi connectivity index (χ1) is 7.40. The van der Waals surface area contributed by atoms with Gasteiger partial charge in [-0.25, -0.2) is 0 Å². The Bertz CT molecular complexity index is 358. The van der Waals surface area contributed by atoms with Crippen LogP contribution in [0.25, 0.3) is 0 Å². The Morgan fingerprint density at radius 3 is 2.38 bits per heavy atom. The van der Waals surface area contributed by atoms with Gasteiger partial charge in [-0.3, -0.25) is 0 Å². The highest BCUT2D eigenvalue weighted by Gasteiger charge is 2.33. The third kappa shape index (κ3) is 2.76. The molecule has 89 valence electrons. The van der Waals surface area contributed by atoms with Crippen LogP contribution in [0.2, 0.25) is 0 Å². The van der Waals surface area contributed by atoms with Gasteiger partial charge in [-0.05, 0) is 23.6 Å². The van der Waals surface area contributed by atoms with Crippen LogP contribution in [0.4, 0.5) is 13.2 Å². The van der Waals surface area contributed by atoms with Crippen molar-refractivity contribution in [3.8, 4) is 0 Å². The number of benzene rings is 1. The number of aliphatic hydroxyl groups excluding tert-OH is 1. The lowest BCUT2D eigenvalue weighted by Crippen LogP contribution is -2.11. The number of hydrogen-bond acceptors (Lipinski definition) is 1. The molecular weight excluding hydrogens is 217 g/mol. The summed E-state index contributed by atoms with van der Waals surface area (Å²) in [6.07, 6.45) is -4.00. The standard InChI is InChI=1S/C12H14F3O/c1-3-9-4-5-10(8(2)7-16)6-11(9)12(13,14)15/h4-6,16H,3,7H2,1-2H3. The first-order valence-corrected chi connectivity index (χ1v) is 5.04. The molecule has 1 aromatic rings. The van der Waals surface area contributed by atoms with E-state index in [4.69, 9.17) is 5.11 Å². The largest absolute Gasteiger partial charge is 0.416 e. The molecule has 0 unspecified atom stereocenters. The van der Waals surface area contributed by atoms with Crippen LogP contribution in [0, 0.1) is 5.92 Å². The average molecular weight is 231 g/mol. The van der Waals surface area contributed by atoms with Crippen LogP contribution in [0.5, 0.6) is 0 Å². The van der Waals surface area contributed by atoms with E-state index < -0.39 is 11.7 Å². The monoisotopic (exact) mass is 231 g/mol. The zero-order chi connectivity index (χ0) is 12.3. The van der Waals surface area contributed by atoms with Gasteiger partial charge in [-0.2, -0.15) is 13.2 Å². The second-order valence-electron chi connectivity index (χ2n) is 3.66. The van der Waals surface area contributed by atoms with E-state index in [9.17, 15) is 13.2 Å². The number of rotatable bonds is 3. The SMILES string of the molecule is CCc1ccc([C](C)CO)cc1C(F)(F)F. The molecule has 0 saturated heterocycles. The summed E-state index contributed by atoms with van der Waals surface area (Å²) in [7, 11) is 0. The normalized spacial score (nSPS) is 12.2. The molecule has 1 nitrogen and oxygen atoms in total. The van der Waals surface area contributed by atoms with E-state index in [0.29, 0.717) is 17.9 Å². The van der Waals surface area contributed by atoms with Gasteiger partial charge in [0.1, 0.15) is 0 Å². The summed E-state index contributed by atoms with van der Waals surface area (Å²) in [4.78, 5) is 0. The molecule has 1 aromatic carbocycles. The quantitative estimate of drug-likeness (QED) is 0.846. The molecule has 0 atom stereocenters. The first-order valence-electron chi connectivity index (χ1n) is 5.04. The topological polar surface area (TPSA) is 20.2 Å². The summed E-state index contributed by atoms with van der Waals surface area (Å²) in [6, 6.07) is 4.18. The van der Waals surface area contributed by atoms with Crippen LogP contribution in [0.3, 0.4) is 0 Å². The minimum absolute atomic E-state index is 0.233. The molecule has 0 amide bonds. The van der Waals surface area contributed by atoms with Crippen molar-refractivity contribution >= 4 is 0 Å². The van der Waals surface area contributed by atoms with Crippen molar-refractivity contribution in [3.63, 3.8) is 0 Å². The Morgan fingerprint density at radius 2 is 1.94 bits per heavy atom. The van der Waals surface area contributed by atoms with Gasteiger partial charge in [0.05, 0.1) is 12.2 Å². The van der Waals surface area contributed by atoms with Crippen LogP contribution < -0.4 is 0 Å². The third-order valence-electron chi connectivity index (χ3n) is 2.53.